The summed E-state index contributed by atoms with van der Waals surface area (Å²) in [6.45, 7) is 0.364. The number of aliphatic hydroxyl groups excluding tert-OH is 4. The molecule has 0 aromatic carbocycles. The van der Waals surface area contributed by atoms with E-state index in [0.717, 1.165) is 0 Å². The van der Waals surface area contributed by atoms with Crippen LogP contribution in [0.25, 0.3) is 0 Å². The van der Waals surface area contributed by atoms with Crippen molar-refractivity contribution < 1.29 is 39.9 Å². The van der Waals surface area contributed by atoms with E-state index in [1.807, 2.05) is 0 Å². The molecule has 1 rings (SSSR count). The van der Waals surface area contributed by atoms with Crippen molar-refractivity contribution in [2.75, 3.05) is 6.61 Å². The Morgan fingerprint density at radius 2 is 2.15 bits per heavy atom. The summed E-state index contributed by atoms with van der Waals surface area (Å²) in [5.74, 6) is -2.88. The second-order valence-electron chi connectivity index (χ2n) is 4.78. The molecule has 0 saturated carbocycles. The summed E-state index contributed by atoms with van der Waals surface area (Å²) in [6.07, 6.45) is -6.66. The summed E-state index contributed by atoms with van der Waals surface area (Å²) in [5, 5.41) is 50.0. The first-order chi connectivity index (χ1) is 9.24. The molecular formula is C11H19NO8. The highest BCUT2D eigenvalue weighted by Gasteiger charge is 2.50. The SMILES string of the molecule is CC(=O)N[C@@H]1C(O)C[C@](O)(C=O)OC1[C@H](O)[C@H](O)CO. The summed E-state index contributed by atoms with van der Waals surface area (Å²) >= 11 is 0. The molecule has 0 aromatic rings. The van der Waals surface area contributed by atoms with E-state index in [0.29, 0.717) is 0 Å². The van der Waals surface area contributed by atoms with Gasteiger partial charge >= 0.3 is 0 Å². The van der Waals surface area contributed by atoms with Crippen molar-refractivity contribution in [2.45, 2.75) is 49.6 Å². The van der Waals surface area contributed by atoms with Crippen molar-refractivity contribution in [1.82, 2.24) is 5.32 Å². The Labute approximate surface area is 114 Å². The minimum absolute atomic E-state index is 0.0469. The highest BCUT2D eigenvalue weighted by molar-refractivity contribution is 5.73. The third-order valence-electron chi connectivity index (χ3n) is 3.08. The van der Waals surface area contributed by atoms with Gasteiger partial charge in [-0.25, -0.2) is 0 Å². The van der Waals surface area contributed by atoms with Crippen molar-refractivity contribution >= 4 is 12.2 Å². The minimum atomic E-state index is -2.34. The average molecular weight is 293 g/mol. The van der Waals surface area contributed by atoms with Gasteiger partial charge in [0.2, 0.25) is 11.7 Å². The van der Waals surface area contributed by atoms with Gasteiger partial charge in [-0.3, -0.25) is 9.59 Å². The predicted octanol–water partition coefficient (Wildman–Crippen LogP) is -3.76. The van der Waals surface area contributed by atoms with Crippen molar-refractivity contribution in [3.8, 4) is 0 Å². The van der Waals surface area contributed by atoms with Crippen LogP contribution in [-0.2, 0) is 14.3 Å². The van der Waals surface area contributed by atoms with Gasteiger partial charge in [-0.2, -0.15) is 0 Å². The van der Waals surface area contributed by atoms with Crippen molar-refractivity contribution in [3.63, 3.8) is 0 Å². The molecule has 9 nitrogen and oxygen atoms in total. The third kappa shape index (κ3) is 3.72. The number of amides is 1. The first-order valence-electron chi connectivity index (χ1n) is 6.02. The third-order valence-corrected chi connectivity index (χ3v) is 3.08. The van der Waals surface area contributed by atoms with Crippen LogP contribution >= 0.6 is 0 Å². The van der Waals surface area contributed by atoms with E-state index in [2.05, 4.69) is 5.32 Å². The Balaban J connectivity index is 3.01. The number of carbonyl (C=O) groups excluding carboxylic acids is 2. The smallest absolute Gasteiger partial charge is 0.226 e. The zero-order chi connectivity index (χ0) is 15.5. The van der Waals surface area contributed by atoms with E-state index in [1.165, 1.54) is 6.92 Å². The van der Waals surface area contributed by atoms with Crippen LogP contribution in [0.5, 0.6) is 0 Å². The molecule has 1 aliphatic rings. The molecule has 9 heteroatoms. The number of hydrogen-bond acceptors (Lipinski definition) is 8. The van der Waals surface area contributed by atoms with Gasteiger partial charge in [-0.15, -0.1) is 0 Å². The summed E-state index contributed by atoms with van der Waals surface area (Å²) in [4.78, 5) is 21.9. The van der Waals surface area contributed by atoms with Gasteiger partial charge in [0.25, 0.3) is 0 Å². The zero-order valence-corrected chi connectivity index (χ0v) is 10.8. The van der Waals surface area contributed by atoms with E-state index < -0.39 is 55.2 Å². The molecule has 1 saturated heterocycles. The molecule has 116 valence electrons. The highest BCUT2D eigenvalue weighted by Crippen LogP contribution is 2.28. The lowest BCUT2D eigenvalue weighted by Gasteiger charge is -2.44. The highest BCUT2D eigenvalue weighted by atomic mass is 16.6. The Morgan fingerprint density at radius 3 is 2.60 bits per heavy atom. The van der Waals surface area contributed by atoms with Crippen LogP contribution in [0.15, 0.2) is 0 Å². The number of nitrogens with one attached hydrogen (secondary N) is 1. The molecule has 2 unspecified atom stereocenters. The maximum absolute atomic E-state index is 11.1. The molecule has 6 atom stereocenters. The Morgan fingerprint density at radius 1 is 1.55 bits per heavy atom. The minimum Gasteiger partial charge on any atom is -0.394 e. The van der Waals surface area contributed by atoms with Gasteiger partial charge in [0, 0.05) is 13.3 Å². The Hall–Kier alpha value is -1.10. The largest absolute Gasteiger partial charge is 0.394 e. The van der Waals surface area contributed by atoms with Gasteiger partial charge < -0.3 is 35.6 Å². The maximum Gasteiger partial charge on any atom is 0.226 e. The zero-order valence-electron chi connectivity index (χ0n) is 10.8. The molecule has 0 spiro atoms. The standard InChI is InChI=1S/C11H19NO8/c1-5(15)12-8-6(16)2-11(19,4-14)20-10(8)9(18)7(17)3-13/h4,6-10,13,16-19H,2-3H2,1H3,(H,12,15)/t6?,7-,8-,9-,10?,11-/m1/s1. The van der Waals surface area contributed by atoms with Gasteiger partial charge in [-0.1, -0.05) is 0 Å². The van der Waals surface area contributed by atoms with E-state index in [1.54, 1.807) is 0 Å². The lowest BCUT2D eigenvalue weighted by molar-refractivity contribution is -0.280. The van der Waals surface area contributed by atoms with E-state index in [4.69, 9.17) is 9.84 Å². The van der Waals surface area contributed by atoms with Crippen LogP contribution in [0.2, 0.25) is 0 Å². The van der Waals surface area contributed by atoms with Crippen molar-refractivity contribution in [3.05, 3.63) is 0 Å². The maximum atomic E-state index is 11.1. The van der Waals surface area contributed by atoms with E-state index >= 15 is 0 Å². The number of ether oxygens (including phenoxy) is 1. The molecule has 6 N–H and O–H groups in total. The fourth-order valence-electron chi connectivity index (χ4n) is 2.10. The summed E-state index contributed by atoms with van der Waals surface area (Å²) in [5.41, 5.74) is 0. The topological polar surface area (TPSA) is 157 Å². The molecular weight excluding hydrogens is 274 g/mol. The van der Waals surface area contributed by atoms with Crippen LogP contribution in [0.3, 0.4) is 0 Å². The number of aliphatic hydroxyl groups is 5. The normalized spacial score (nSPS) is 37.0. The fourth-order valence-corrected chi connectivity index (χ4v) is 2.10. The fraction of sp³-hybridized carbons (Fsp3) is 0.818. The second-order valence-corrected chi connectivity index (χ2v) is 4.78. The molecule has 1 aliphatic heterocycles. The molecule has 0 bridgehead atoms. The summed E-state index contributed by atoms with van der Waals surface area (Å²) in [6, 6.07) is -1.15. The molecule has 0 aliphatic carbocycles. The molecule has 0 radical (unpaired) electrons. The first kappa shape index (κ1) is 17.0. The molecule has 1 fully saturated rings. The number of hydrogen-bond donors (Lipinski definition) is 6. The van der Waals surface area contributed by atoms with E-state index in [-0.39, 0.29) is 6.29 Å². The lowest BCUT2D eigenvalue weighted by atomic mass is 9.89. The van der Waals surface area contributed by atoms with Crippen LogP contribution in [0.4, 0.5) is 0 Å². The van der Waals surface area contributed by atoms with Crippen molar-refractivity contribution in [1.29, 1.82) is 0 Å². The number of rotatable bonds is 5. The number of aldehydes is 1. The average Bonchev–Trinajstić information content (AvgIpc) is 2.39. The van der Waals surface area contributed by atoms with Gasteiger partial charge in [0.1, 0.15) is 18.3 Å². The van der Waals surface area contributed by atoms with Crippen LogP contribution in [0.1, 0.15) is 13.3 Å². The molecule has 1 amide bonds. The van der Waals surface area contributed by atoms with Gasteiger partial charge in [-0.05, 0) is 0 Å². The Bertz CT molecular complexity index is 364. The molecule has 1 heterocycles. The quantitative estimate of drug-likeness (QED) is 0.282. The van der Waals surface area contributed by atoms with Crippen molar-refractivity contribution in [2.24, 2.45) is 0 Å². The first-order valence-corrected chi connectivity index (χ1v) is 6.02. The second kappa shape index (κ2) is 6.57. The van der Waals surface area contributed by atoms with E-state index in [9.17, 15) is 30.0 Å². The molecule has 0 aromatic heterocycles. The van der Waals surface area contributed by atoms with Crippen LogP contribution in [-0.4, -0.2) is 80.6 Å². The Kier molecular flexibility index (Phi) is 5.57. The van der Waals surface area contributed by atoms with Gasteiger partial charge in [0.05, 0.1) is 18.8 Å². The van der Waals surface area contributed by atoms with Gasteiger partial charge in [0.15, 0.2) is 6.29 Å². The summed E-state index contributed by atoms with van der Waals surface area (Å²) < 4.78 is 4.98. The van der Waals surface area contributed by atoms with Crippen LogP contribution < -0.4 is 5.32 Å². The van der Waals surface area contributed by atoms with Crippen LogP contribution in [0, 0.1) is 0 Å². The summed E-state index contributed by atoms with van der Waals surface area (Å²) in [7, 11) is 0. The predicted molar refractivity (Wildman–Crippen MR) is 63.2 cm³/mol. The lowest BCUT2D eigenvalue weighted by Crippen LogP contribution is -2.66. The number of carbonyl (C=O) groups is 2. The monoisotopic (exact) mass is 293 g/mol. The molecule has 20 heavy (non-hydrogen) atoms.